The van der Waals surface area contributed by atoms with Crippen LogP contribution in [0.4, 0.5) is 0 Å². The van der Waals surface area contributed by atoms with Crippen LogP contribution in [0.3, 0.4) is 0 Å². The number of para-hydroxylation sites is 1. The summed E-state index contributed by atoms with van der Waals surface area (Å²) in [7, 11) is 0. The predicted molar refractivity (Wildman–Crippen MR) is 67.8 cm³/mol. The minimum absolute atomic E-state index is 0.461. The summed E-state index contributed by atoms with van der Waals surface area (Å²) >= 11 is 0. The molecule has 2 bridgehead atoms. The van der Waals surface area contributed by atoms with E-state index in [1.54, 1.807) is 0 Å². The summed E-state index contributed by atoms with van der Waals surface area (Å²) in [4.78, 5) is 0. The zero-order valence-corrected chi connectivity index (χ0v) is 9.96. The second-order valence-corrected chi connectivity index (χ2v) is 5.75. The Labute approximate surface area is 102 Å². The standard InChI is InChI=1S/C16H18O/c1-2-4-12(5-3-1)17-16-10-11-6-7-15(16)14-9-8-13(11)14/h1-5,8-9,11,13-16H,6-7,10H2/t11-,13-,14-,15-,16+/m0/s1. The van der Waals surface area contributed by atoms with E-state index < -0.39 is 0 Å². The van der Waals surface area contributed by atoms with Gasteiger partial charge in [0.2, 0.25) is 0 Å². The summed E-state index contributed by atoms with van der Waals surface area (Å²) in [6.45, 7) is 0. The van der Waals surface area contributed by atoms with Gasteiger partial charge < -0.3 is 4.74 Å². The summed E-state index contributed by atoms with van der Waals surface area (Å²) < 4.78 is 6.21. The highest BCUT2D eigenvalue weighted by Gasteiger charge is 2.50. The van der Waals surface area contributed by atoms with Gasteiger partial charge in [-0.2, -0.15) is 0 Å². The lowest BCUT2D eigenvalue weighted by Gasteiger charge is -2.54. The predicted octanol–water partition coefficient (Wildman–Crippen LogP) is 3.67. The summed E-state index contributed by atoms with van der Waals surface area (Å²) in [6, 6.07) is 10.3. The molecule has 0 spiro atoms. The molecule has 0 aliphatic heterocycles. The number of hydrogen-bond acceptors (Lipinski definition) is 1. The fraction of sp³-hybridized carbons (Fsp3) is 0.500. The molecule has 3 fully saturated rings. The Morgan fingerprint density at radius 1 is 0.941 bits per heavy atom. The lowest BCUT2D eigenvalue weighted by Crippen LogP contribution is -2.51. The van der Waals surface area contributed by atoms with Gasteiger partial charge in [-0.15, -0.1) is 0 Å². The van der Waals surface area contributed by atoms with E-state index in [-0.39, 0.29) is 0 Å². The molecule has 1 nitrogen and oxygen atoms in total. The van der Waals surface area contributed by atoms with Crippen molar-refractivity contribution in [2.24, 2.45) is 23.7 Å². The molecule has 4 aliphatic carbocycles. The van der Waals surface area contributed by atoms with Crippen LogP contribution in [0.15, 0.2) is 42.5 Å². The molecule has 0 unspecified atom stereocenters. The number of ether oxygens (including phenoxy) is 1. The molecule has 1 heteroatoms. The van der Waals surface area contributed by atoms with Gasteiger partial charge in [0.25, 0.3) is 0 Å². The molecule has 0 heterocycles. The zero-order chi connectivity index (χ0) is 11.2. The largest absolute Gasteiger partial charge is 0.490 e. The third-order valence-electron chi connectivity index (χ3n) is 4.95. The van der Waals surface area contributed by atoms with Crippen LogP contribution in [-0.2, 0) is 0 Å². The average Bonchev–Trinajstić information content (AvgIpc) is 2.31. The van der Waals surface area contributed by atoms with Crippen molar-refractivity contribution in [1.82, 2.24) is 0 Å². The van der Waals surface area contributed by atoms with E-state index in [0.717, 1.165) is 29.4 Å². The maximum atomic E-state index is 6.21. The van der Waals surface area contributed by atoms with Crippen molar-refractivity contribution in [3.63, 3.8) is 0 Å². The molecule has 4 aliphatic rings. The molecule has 0 saturated heterocycles. The van der Waals surface area contributed by atoms with Gasteiger partial charge >= 0.3 is 0 Å². The minimum atomic E-state index is 0.461. The van der Waals surface area contributed by atoms with Gasteiger partial charge in [0.1, 0.15) is 11.9 Å². The fourth-order valence-electron chi connectivity index (χ4n) is 4.05. The number of allylic oxidation sites excluding steroid dienone is 2. The van der Waals surface area contributed by atoms with Crippen LogP contribution < -0.4 is 4.74 Å². The van der Waals surface area contributed by atoms with Crippen LogP contribution in [0.1, 0.15) is 19.3 Å². The Morgan fingerprint density at radius 2 is 1.76 bits per heavy atom. The Morgan fingerprint density at radius 3 is 2.47 bits per heavy atom. The first kappa shape index (κ1) is 9.76. The Bertz CT molecular complexity index is 436. The summed E-state index contributed by atoms with van der Waals surface area (Å²) in [5, 5.41) is 0. The molecule has 0 aromatic heterocycles. The third-order valence-corrected chi connectivity index (χ3v) is 4.95. The molecule has 17 heavy (non-hydrogen) atoms. The lowest BCUT2D eigenvalue weighted by atomic mass is 9.53. The molecular weight excluding hydrogens is 208 g/mol. The first-order valence-electron chi connectivity index (χ1n) is 6.82. The lowest BCUT2D eigenvalue weighted by molar-refractivity contribution is -0.0426. The number of rotatable bonds is 2. The summed E-state index contributed by atoms with van der Waals surface area (Å²) in [6.07, 6.45) is 9.37. The molecule has 3 saturated carbocycles. The Balaban J connectivity index is 1.55. The maximum Gasteiger partial charge on any atom is 0.119 e. The van der Waals surface area contributed by atoms with Crippen molar-refractivity contribution in [1.29, 1.82) is 0 Å². The molecule has 88 valence electrons. The molecule has 0 amide bonds. The monoisotopic (exact) mass is 226 g/mol. The van der Waals surface area contributed by atoms with Crippen LogP contribution >= 0.6 is 0 Å². The van der Waals surface area contributed by atoms with E-state index in [9.17, 15) is 0 Å². The maximum absolute atomic E-state index is 6.21. The highest BCUT2D eigenvalue weighted by atomic mass is 16.5. The molecule has 5 atom stereocenters. The third kappa shape index (κ3) is 1.45. The highest BCUT2D eigenvalue weighted by Crippen LogP contribution is 2.54. The van der Waals surface area contributed by atoms with Gasteiger partial charge in [-0.25, -0.2) is 0 Å². The van der Waals surface area contributed by atoms with E-state index in [0.29, 0.717) is 6.10 Å². The van der Waals surface area contributed by atoms with Gasteiger partial charge in [-0.05, 0) is 49.1 Å². The van der Waals surface area contributed by atoms with Crippen molar-refractivity contribution in [2.75, 3.05) is 0 Å². The van der Waals surface area contributed by atoms with Gasteiger partial charge in [0, 0.05) is 5.92 Å². The molecule has 1 aromatic rings. The van der Waals surface area contributed by atoms with Crippen LogP contribution in [-0.4, -0.2) is 6.10 Å². The zero-order valence-electron chi connectivity index (χ0n) is 9.96. The minimum Gasteiger partial charge on any atom is -0.490 e. The number of hydrogen-bond donors (Lipinski definition) is 0. The molecule has 0 N–H and O–H groups in total. The van der Waals surface area contributed by atoms with E-state index in [2.05, 4.69) is 36.4 Å². The number of benzene rings is 1. The smallest absolute Gasteiger partial charge is 0.119 e. The second-order valence-electron chi connectivity index (χ2n) is 5.75. The first-order valence-corrected chi connectivity index (χ1v) is 6.82. The SMILES string of the molecule is C1=C[C@H]2[C@@H]1[C@H]1CC[C@@H]2[C@H](Oc2ccccc2)C1. The normalized spacial score (nSPS) is 41.8. The van der Waals surface area contributed by atoms with Gasteiger partial charge in [0.15, 0.2) is 0 Å². The molecule has 1 aromatic carbocycles. The van der Waals surface area contributed by atoms with Gasteiger partial charge in [-0.1, -0.05) is 30.4 Å². The van der Waals surface area contributed by atoms with Crippen molar-refractivity contribution in [3.05, 3.63) is 42.5 Å². The van der Waals surface area contributed by atoms with Gasteiger partial charge in [0.05, 0.1) is 0 Å². The van der Waals surface area contributed by atoms with Crippen molar-refractivity contribution in [2.45, 2.75) is 25.4 Å². The summed E-state index contributed by atoms with van der Waals surface area (Å²) in [5.41, 5.74) is 0. The van der Waals surface area contributed by atoms with Crippen molar-refractivity contribution >= 4 is 0 Å². The second kappa shape index (κ2) is 3.63. The van der Waals surface area contributed by atoms with Gasteiger partial charge in [-0.3, -0.25) is 0 Å². The van der Waals surface area contributed by atoms with Crippen LogP contribution in [0, 0.1) is 23.7 Å². The molecular formula is C16H18O. The van der Waals surface area contributed by atoms with Crippen LogP contribution in [0.2, 0.25) is 0 Å². The Kier molecular flexibility index (Phi) is 2.08. The topological polar surface area (TPSA) is 9.23 Å². The van der Waals surface area contributed by atoms with E-state index >= 15 is 0 Å². The van der Waals surface area contributed by atoms with Crippen LogP contribution in [0.5, 0.6) is 5.75 Å². The van der Waals surface area contributed by atoms with E-state index in [1.807, 2.05) is 6.07 Å². The molecule has 5 rings (SSSR count). The van der Waals surface area contributed by atoms with Crippen LogP contribution in [0.25, 0.3) is 0 Å². The van der Waals surface area contributed by atoms with E-state index in [4.69, 9.17) is 4.74 Å². The number of fused-ring (bicyclic) bond motifs is 2. The first-order chi connectivity index (χ1) is 8.42. The Hall–Kier alpha value is -1.24. The summed E-state index contributed by atoms with van der Waals surface area (Å²) in [5.74, 6) is 4.43. The average molecular weight is 226 g/mol. The fourth-order valence-corrected chi connectivity index (χ4v) is 4.05. The quantitative estimate of drug-likeness (QED) is 0.699. The van der Waals surface area contributed by atoms with Crippen molar-refractivity contribution in [3.8, 4) is 5.75 Å². The van der Waals surface area contributed by atoms with E-state index in [1.165, 1.54) is 19.3 Å². The molecule has 0 radical (unpaired) electrons. The highest BCUT2D eigenvalue weighted by molar-refractivity contribution is 5.23. The van der Waals surface area contributed by atoms with Crippen molar-refractivity contribution < 1.29 is 4.74 Å².